The van der Waals surface area contributed by atoms with Gasteiger partial charge in [-0.15, -0.1) is 11.3 Å². The zero-order valence-corrected chi connectivity index (χ0v) is 13.0. The molecule has 1 aromatic carbocycles. The van der Waals surface area contributed by atoms with Crippen molar-refractivity contribution in [3.63, 3.8) is 0 Å². The highest BCUT2D eigenvalue weighted by Gasteiger charge is 2.11. The van der Waals surface area contributed by atoms with Gasteiger partial charge < -0.3 is 10.1 Å². The Kier molecular flexibility index (Phi) is 5.58. The van der Waals surface area contributed by atoms with Crippen molar-refractivity contribution in [2.24, 2.45) is 0 Å². The third-order valence-corrected chi connectivity index (χ3v) is 4.02. The summed E-state index contributed by atoms with van der Waals surface area (Å²) in [5.74, 6) is 0.739. The van der Waals surface area contributed by atoms with E-state index in [0.29, 0.717) is 0 Å². The average Bonchev–Trinajstić information content (AvgIpc) is 3.04. The van der Waals surface area contributed by atoms with Crippen molar-refractivity contribution in [2.75, 3.05) is 7.11 Å². The standard InChI is InChI=1S/C17H19NO2S/c1-3-16(13-6-8-14(20-2)9-7-13)18-17(19)11-10-15-5-4-12-21-15/h4-12,16H,3H2,1-2H3,(H,18,19)/b11-10+/t16-/m0/s1. The Labute approximate surface area is 129 Å². The number of methoxy groups -OCH3 is 1. The van der Waals surface area contributed by atoms with Gasteiger partial charge in [-0.05, 0) is 41.6 Å². The first-order valence-electron chi connectivity index (χ1n) is 6.89. The maximum absolute atomic E-state index is 12.0. The lowest BCUT2D eigenvalue weighted by Crippen LogP contribution is -2.26. The van der Waals surface area contributed by atoms with Gasteiger partial charge in [0.15, 0.2) is 0 Å². The average molecular weight is 301 g/mol. The Morgan fingerprint density at radius 2 is 2.10 bits per heavy atom. The highest BCUT2D eigenvalue weighted by Crippen LogP contribution is 2.20. The molecule has 0 aliphatic carbocycles. The van der Waals surface area contributed by atoms with Crippen LogP contribution in [0.1, 0.15) is 29.8 Å². The normalized spacial score (nSPS) is 12.3. The first-order chi connectivity index (χ1) is 10.2. The first kappa shape index (κ1) is 15.3. The number of benzene rings is 1. The number of carbonyl (C=O) groups excluding carboxylic acids is 1. The Morgan fingerprint density at radius 3 is 2.67 bits per heavy atom. The Hall–Kier alpha value is -2.07. The summed E-state index contributed by atoms with van der Waals surface area (Å²) in [5, 5.41) is 5.01. The molecule has 21 heavy (non-hydrogen) atoms. The molecule has 2 rings (SSSR count). The molecule has 4 heteroatoms. The third kappa shape index (κ3) is 4.46. The predicted molar refractivity (Wildman–Crippen MR) is 87.5 cm³/mol. The van der Waals surface area contributed by atoms with E-state index in [1.165, 1.54) is 0 Å². The van der Waals surface area contributed by atoms with E-state index < -0.39 is 0 Å². The summed E-state index contributed by atoms with van der Waals surface area (Å²) in [4.78, 5) is 13.1. The molecule has 1 atom stereocenters. The van der Waals surface area contributed by atoms with Crippen LogP contribution in [0.5, 0.6) is 5.75 Å². The van der Waals surface area contributed by atoms with E-state index in [1.54, 1.807) is 24.5 Å². The lowest BCUT2D eigenvalue weighted by Gasteiger charge is -2.16. The SMILES string of the molecule is CC[C@H](NC(=O)/C=C/c1cccs1)c1ccc(OC)cc1. The van der Waals surface area contributed by atoms with E-state index in [-0.39, 0.29) is 11.9 Å². The number of amides is 1. The molecule has 1 aromatic heterocycles. The van der Waals surface area contributed by atoms with Gasteiger partial charge in [-0.25, -0.2) is 0 Å². The van der Waals surface area contributed by atoms with E-state index in [9.17, 15) is 4.79 Å². The van der Waals surface area contributed by atoms with Crippen molar-refractivity contribution >= 4 is 23.3 Å². The maximum atomic E-state index is 12.0. The van der Waals surface area contributed by atoms with E-state index >= 15 is 0 Å². The van der Waals surface area contributed by atoms with Gasteiger partial charge in [-0.1, -0.05) is 25.1 Å². The van der Waals surface area contributed by atoms with Crippen LogP contribution in [-0.2, 0) is 4.79 Å². The number of hydrogen-bond acceptors (Lipinski definition) is 3. The summed E-state index contributed by atoms with van der Waals surface area (Å²) in [6.45, 7) is 2.05. The molecule has 2 aromatic rings. The zero-order valence-electron chi connectivity index (χ0n) is 12.2. The lowest BCUT2D eigenvalue weighted by atomic mass is 10.0. The second-order valence-corrected chi connectivity index (χ2v) is 5.57. The van der Waals surface area contributed by atoms with Crippen LogP contribution in [0.15, 0.2) is 47.9 Å². The molecule has 0 saturated carbocycles. The van der Waals surface area contributed by atoms with Crippen molar-refractivity contribution in [3.8, 4) is 5.75 Å². The van der Waals surface area contributed by atoms with Crippen molar-refractivity contribution in [1.29, 1.82) is 0 Å². The molecule has 0 aliphatic rings. The molecule has 0 aliphatic heterocycles. The monoisotopic (exact) mass is 301 g/mol. The number of ether oxygens (including phenoxy) is 1. The molecular formula is C17H19NO2S. The van der Waals surface area contributed by atoms with Crippen LogP contribution in [0.25, 0.3) is 6.08 Å². The highest BCUT2D eigenvalue weighted by molar-refractivity contribution is 7.10. The summed E-state index contributed by atoms with van der Waals surface area (Å²) >= 11 is 1.61. The molecule has 110 valence electrons. The molecule has 3 nitrogen and oxygen atoms in total. The Morgan fingerprint density at radius 1 is 1.33 bits per heavy atom. The fourth-order valence-corrected chi connectivity index (χ4v) is 2.64. The van der Waals surface area contributed by atoms with Crippen LogP contribution in [0.4, 0.5) is 0 Å². The fraction of sp³-hybridized carbons (Fsp3) is 0.235. The van der Waals surface area contributed by atoms with Gasteiger partial charge in [0.25, 0.3) is 0 Å². The van der Waals surface area contributed by atoms with Crippen LogP contribution < -0.4 is 10.1 Å². The molecule has 0 saturated heterocycles. The highest BCUT2D eigenvalue weighted by atomic mass is 32.1. The summed E-state index contributed by atoms with van der Waals surface area (Å²) in [5.41, 5.74) is 1.08. The van der Waals surface area contributed by atoms with E-state index in [4.69, 9.17) is 4.74 Å². The molecular weight excluding hydrogens is 282 g/mol. The van der Waals surface area contributed by atoms with Crippen molar-refractivity contribution in [2.45, 2.75) is 19.4 Å². The summed E-state index contributed by atoms with van der Waals surface area (Å²) in [7, 11) is 1.64. The quantitative estimate of drug-likeness (QED) is 0.818. The Bertz CT molecular complexity index is 588. The van der Waals surface area contributed by atoms with Gasteiger partial charge in [0, 0.05) is 11.0 Å². The number of nitrogens with one attached hydrogen (secondary N) is 1. The van der Waals surface area contributed by atoms with Gasteiger partial charge >= 0.3 is 0 Å². The summed E-state index contributed by atoms with van der Waals surface area (Å²) < 4.78 is 5.15. The minimum atomic E-state index is -0.0777. The molecule has 1 heterocycles. The molecule has 1 amide bonds. The van der Waals surface area contributed by atoms with Gasteiger partial charge in [0.1, 0.15) is 5.75 Å². The number of carbonyl (C=O) groups is 1. The van der Waals surface area contributed by atoms with Gasteiger partial charge in [-0.3, -0.25) is 4.79 Å². The molecule has 0 bridgehead atoms. The minimum Gasteiger partial charge on any atom is -0.497 e. The van der Waals surface area contributed by atoms with E-state index in [2.05, 4.69) is 12.2 Å². The molecule has 0 radical (unpaired) electrons. The van der Waals surface area contributed by atoms with Crippen molar-refractivity contribution in [1.82, 2.24) is 5.32 Å². The number of rotatable bonds is 6. The Balaban J connectivity index is 1.99. The van der Waals surface area contributed by atoms with Gasteiger partial charge in [-0.2, -0.15) is 0 Å². The summed E-state index contributed by atoms with van der Waals surface area (Å²) in [6.07, 6.45) is 4.25. The number of thiophene rings is 1. The van der Waals surface area contributed by atoms with Crippen molar-refractivity contribution in [3.05, 3.63) is 58.3 Å². The first-order valence-corrected chi connectivity index (χ1v) is 7.77. The largest absolute Gasteiger partial charge is 0.497 e. The predicted octanol–water partition coefficient (Wildman–Crippen LogP) is 4.04. The molecule has 0 spiro atoms. The third-order valence-electron chi connectivity index (χ3n) is 3.19. The van der Waals surface area contributed by atoms with Crippen LogP contribution in [0.3, 0.4) is 0 Å². The lowest BCUT2D eigenvalue weighted by molar-refractivity contribution is -0.117. The van der Waals surface area contributed by atoms with Crippen LogP contribution in [-0.4, -0.2) is 13.0 Å². The number of hydrogen-bond donors (Lipinski definition) is 1. The second-order valence-electron chi connectivity index (χ2n) is 4.59. The fourth-order valence-electron chi connectivity index (χ4n) is 2.02. The smallest absolute Gasteiger partial charge is 0.244 e. The van der Waals surface area contributed by atoms with Crippen molar-refractivity contribution < 1.29 is 9.53 Å². The van der Waals surface area contributed by atoms with E-state index in [0.717, 1.165) is 22.6 Å². The minimum absolute atomic E-state index is 0.0105. The van der Waals surface area contributed by atoms with E-state index in [1.807, 2.05) is 47.9 Å². The van der Waals surface area contributed by atoms with Crippen LogP contribution in [0, 0.1) is 0 Å². The molecule has 0 unspecified atom stereocenters. The molecule has 0 fully saturated rings. The van der Waals surface area contributed by atoms with Gasteiger partial charge in [0.05, 0.1) is 13.2 Å². The van der Waals surface area contributed by atoms with Crippen LogP contribution >= 0.6 is 11.3 Å². The maximum Gasteiger partial charge on any atom is 0.244 e. The molecule has 1 N–H and O–H groups in total. The van der Waals surface area contributed by atoms with Gasteiger partial charge in [0.2, 0.25) is 5.91 Å². The second kappa shape index (κ2) is 7.64. The van der Waals surface area contributed by atoms with Crippen LogP contribution in [0.2, 0.25) is 0 Å². The summed E-state index contributed by atoms with van der Waals surface area (Å²) in [6, 6.07) is 11.7. The zero-order chi connectivity index (χ0) is 15.1. The topological polar surface area (TPSA) is 38.3 Å².